The van der Waals surface area contributed by atoms with Crippen molar-refractivity contribution in [3.05, 3.63) is 35.9 Å². The maximum absolute atomic E-state index is 11.6. The van der Waals surface area contributed by atoms with E-state index in [1.54, 1.807) is 38.1 Å². The molecule has 0 aliphatic rings. The molecule has 1 atom stereocenters. The molecule has 20 heavy (non-hydrogen) atoms. The van der Waals surface area contributed by atoms with Gasteiger partial charge in [0.05, 0.1) is 0 Å². The number of alkyl carbamates (subject to hydrolysis) is 1. The molecule has 0 bridgehead atoms. The number of rotatable bonds is 6. The van der Waals surface area contributed by atoms with Gasteiger partial charge in [0.25, 0.3) is 0 Å². The molecule has 0 radical (unpaired) electrons. The van der Waals surface area contributed by atoms with Crippen LogP contribution in [0.5, 0.6) is 0 Å². The van der Waals surface area contributed by atoms with Gasteiger partial charge in [0.1, 0.15) is 6.61 Å². The molecule has 0 spiro atoms. The number of carboxylic acids is 1. The molecule has 0 heterocycles. The summed E-state index contributed by atoms with van der Waals surface area (Å²) in [5.41, 5.74) is -1.55. The number of benzene rings is 1. The molecule has 3 N–H and O–H groups in total. The summed E-state index contributed by atoms with van der Waals surface area (Å²) in [6.07, 6.45) is -1.08. The first-order valence-electron chi connectivity index (χ1n) is 6.28. The van der Waals surface area contributed by atoms with Gasteiger partial charge < -0.3 is 14.9 Å². The zero-order valence-corrected chi connectivity index (χ0v) is 11.5. The number of carbonyl (C=O) groups is 2. The first kappa shape index (κ1) is 16.0. The summed E-state index contributed by atoms with van der Waals surface area (Å²) < 4.78 is 4.88. The number of carboxylic acid groups (broad SMARTS) is 1. The molecule has 0 unspecified atom stereocenters. The van der Waals surface area contributed by atoms with E-state index in [1.165, 1.54) is 0 Å². The van der Waals surface area contributed by atoms with Gasteiger partial charge in [0.15, 0.2) is 0 Å². The molecule has 6 nitrogen and oxygen atoms in total. The van der Waals surface area contributed by atoms with Crippen molar-refractivity contribution >= 4 is 12.1 Å². The first-order chi connectivity index (χ1) is 9.33. The molecule has 0 aromatic heterocycles. The lowest BCUT2D eigenvalue weighted by molar-refractivity contribution is -0.163. The molecule has 1 rings (SSSR count). The fourth-order valence-corrected chi connectivity index (χ4v) is 1.71. The number of ether oxygens (including phenoxy) is 1. The Morgan fingerprint density at radius 2 is 1.90 bits per heavy atom. The third kappa shape index (κ3) is 4.89. The van der Waals surface area contributed by atoms with Crippen LogP contribution in [0.25, 0.3) is 0 Å². The SMILES string of the molecule is CC(C)C[C@](O)(NC(=O)OCc1ccccc1)C(=O)O. The van der Waals surface area contributed by atoms with Crippen LogP contribution in [0.15, 0.2) is 30.3 Å². The van der Waals surface area contributed by atoms with Crippen LogP contribution < -0.4 is 5.32 Å². The number of carbonyl (C=O) groups excluding carboxylic acids is 1. The summed E-state index contributed by atoms with van der Waals surface area (Å²) in [5.74, 6) is -1.62. The van der Waals surface area contributed by atoms with Gasteiger partial charge >= 0.3 is 12.1 Å². The highest BCUT2D eigenvalue weighted by Crippen LogP contribution is 2.15. The van der Waals surface area contributed by atoms with Crippen LogP contribution in [0.1, 0.15) is 25.8 Å². The molecule has 0 aliphatic heterocycles. The van der Waals surface area contributed by atoms with E-state index in [0.29, 0.717) is 0 Å². The molecule has 1 amide bonds. The smallest absolute Gasteiger partial charge is 0.410 e. The van der Waals surface area contributed by atoms with Crippen molar-refractivity contribution in [3.8, 4) is 0 Å². The van der Waals surface area contributed by atoms with Crippen LogP contribution in [-0.2, 0) is 16.1 Å². The molecule has 6 heteroatoms. The van der Waals surface area contributed by atoms with Gasteiger partial charge in [-0.3, -0.25) is 5.32 Å². The Labute approximate surface area is 117 Å². The highest BCUT2D eigenvalue weighted by molar-refractivity contribution is 5.82. The monoisotopic (exact) mass is 281 g/mol. The average molecular weight is 281 g/mol. The zero-order chi connectivity index (χ0) is 15.2. The maximum atomic E-state index is 11.6. The second kappa shape index (κ2) is 6.91. The van der Waals surface area contributed by atoms with Crippen LogP contribution in [0.4, 0.5) is 4.79 Å². The summed E-state index contributed by atoms with van der Waals surface area (Å²) in [6.45, 7) is 3.49. The number of hydrogen-bond donors (Lipinski definition) is 3. The number of nitrogens with one attached hydrogen (secondary N) is 1. The molecule has 1 aromatic rings. The quantitative estimate of drug-likeness (QED) is 0.690. The Hall–Kier alpha value is -2.08. The Morgan fingerprint density at radius 3 is 2.40 bits per heavy atom. The van der Waals surface area contributed by atoms with E-state index in [1.807, 2.05) is 11.4 Å². The van der Waals surface area contributed by atoms with Gasteiger partial charge in [0, 0.05) is 6.42 Å². The Morgan fingerprint density at radius 1 is 1.30 bits per heavy atom. The van der Waals surface area contributed by atoms with Crippen LogP contribution in [0.2, 0.25) is 0 Å². The minimum Gasteiger partial charge on any atom is -0.478 e. The molecule has 0 fully saturated rings. The number of hydrogen-bond acceptors (Lipinski definition) is 4. The van der Waals surface area contributed by atoms with Crippen molar-refractivity contribution in [1.29, 1.82) is 0 Å². The van der Waals surface area contributed by atoms with Gasteiger partial charge in [-0.1, -0.05) is 44.2 Å². The van der Waals surface area contributed by atoms with E-state index >= 15 is 0 Å². The third-order valence-corrected chi connectivity index (χ3v) is 2.58. The standard InChI is InChI=1S/C14H19NO5/c1-10(2)8-14(19,12(16)17)15-13(18)20-9-11-6-4-3-5-7-11/h3-7,10,19H,8-9H2,1-2H3,(H,15,18)(H,16,17)/t14-/m1/s1. The van der Waals surface area contributed by atoms with Crippen LogP contribution in [-0.4, -0.2) is 28.0 Å². The molecule has 0 saturated heterocycles. The molecular weight excluding hydrogens is 262 g/mol. The summed E-state index contributed by atoms with van der Waals surface area (Å²) in [5, 5.41) is 20.9. The Bertz CT molecular complexity index is 460. The van der Waals surface area contributed by atoms with Gasteiger partial charge in [-0.25, -0.2) is 9.59 Å². The van der Waals surface area contributed by atoms with Crippen molar-refractivity contribution in [1.82, 2.24) is 5.32 Å². The van der Waals surface area contributed by atoms with Crippen LogP contribution in [0.3, 0.4) is 0 Å². The van der Waals surface area contributed by atoms with Crippen molar-refractivity contribution < 1.29 is 24.5 Å². The van der Waals surface area contributed by atoms with Gasteiger partial charge in [-0.15, -0.1) is 0 Å². The van der Waals surface area contributed by atoms with Gasteiger partial charge in [0.2, 0.25) is 5.72 Å². The van der Waals surface area contributed by atoms with Crippen molar-refractivity contribution in [2.24, 2.45) is 5.92 Å². The zero-order valence-electron chi connectivity index (χ0n) is 11.5. The highest BCUT2D eigenvalue weighted by atomic mass is 16.6. The highest BCUT2D eigenvalue weighted by Gasteiger charge is 2.38. The van der Waals surface area contributed by atoms with Crippen molar-refractivity contribution in [2.45, 2.75) is 32.6 Å². The minimum absolute atomic E-state index is 0.00402. The molecule has 110 valence electrons. The van der Waals surface area contributed by atoms with E-state index in [-0.39, 0.29) is 18.9 Å². The molecule has 0 saturated carbocycles. The van der Waals surface area contributed by atoms with E-state index in [2.05, 4.69) is 0 Å². The second-order valence-electron chi connectivity index (χ2n) is 4.95. The fourth-order valence-electron chi connectivity index (χ4n) is 1.71. The Kier molecular flexibility index (Phi) is 5.52. The predicted octanol–water partition coefficient (Wildman–Crippen LogP) is 1.73. The lowest BCUT2D eigenvalue weighted by atomic mass is 10.0. The van der Waals surface area contributed by atoms with Crippen LogP contribution in [0, 0.1) is 5.92 Å². The second-order valence-corrected chi connectivity index (χ2v) is 4.95. The van der Waals surface area contributed by atoms with Crippen molar-refractivity contribution in [2.75, 3.05) is 0 Å². The van der Waals surface area contributed by atoms with Gasteiger partial charge in [-0.05, 0) is 11.5 Å². The van der Waals surface area contributed by atoms with E-state index < -0.39 is 17.8 Å². The van der Waals surface area contributed by atoms with Gasteiger partial charge in [-0.2, -0.15) is 0 Å². The lowest BCUT2D eigenvalue weighted by Gasteiger charge is -2.25. The van der Waals surface area contributed by atoms with Crippen molar-refractivity contribution in [3.63, 3.8) is 0 Å². The average Bonchev–Trinajstić information content (AvgIpc) is 2.36. The summed E-state index contributed by atoms with van der Waals surface area (Å²) in [4.78, 5) is 22.6. The number of aliphatic hydroxyl groups is 1. The molecular formula is C14H19NO5. The summed E-state index contributed by atoms with van der Waals surface area (Å²) in [7, 11) is 0. The minimum atomic E-state index is -2.32. The third-order valence-electron chi connectivity index (χ3n) is 2.58. The summed E-state index contributed by atoms with van der Waals surface area (Å²) in [6, 6.07) is 8.96. The largest absolute Gasteiger partial charge is 0.478 e. The Balaban J connectivity index is 2.56. The maximum Gasteiger partial charge on any atom is 0.410 e. The lowest BCUT2D eigenvalue weighted by Crippen LogP contribution is -2.55. The van der Waals surface area contributed by atoms with E-state index in [0.717, 1.165) is 5.56 Å². The first-order valence-corrected chi connectivity index (χ1v) is 6.28. The number of aliphatic carboxylic acids is 1. The molecule has 1 aromatic carbocycles. The van der Waals surface area contributed by atoms with E-state index in [9.17, 15) is 14.7 Å². The normalized spacial score (nSPS) is 13.6. The summed E-state index contributed by atoms with van der Waals surface area (Å²) >= 11 is 0. The fraction of sp³-hybridized carbons (Fsp3) is 0.429. The van der Waals surface area contributed by atoms with Crippen LogP contribution >= 0.6 is 0 Å². The molecule has 0 aliphatic carbocycles. The number of amides is 1. The predicted molar refractivity (Wildman–Crippen MR) is 71.8 cm³/mol. The van der Waals surface area contributed by atoms with E-state index in [4.69, 9.17) is 9.84 Å². The topological polar surface area (TPSA) is 95.9 Å².